The lowest BCUT2D eigenvalue weighted by Crippen LogP contribution is -2.47. The largest absolute Gasteiger partial charge is 0.338 e. The summed E-state index contributed by atoms with van der Waals surface area (Å²) in [6.45, 7) is 7.99. The van der Waals surface area contributed by atoms with Gasteiger partial charge in [0, 0.05) is 31.9 Å². The molecule has 1 N–H and O–H groups in total. The van der Waals surface area contributed by atoms with Crippen LogP contribution in [-0.2, 0) is 0 Å². The fraction of sp³-hybridized carbons (Fsp3) is 0.389. The number of likely N-dealkylation sites (N-methyl/N-ethyl adjacent to an activating group) is 1. The Kier molecular flexibility index (Phi) is 5.59. The molecular formula is C18H20F3N5O. The van der Waals surface area contributed by atoms with Crippen LogP contribution >= 0.6 is 0 Å². The summed E-state index contributed by atoms with van der Waals surface area (Å²) in [6.07, 6.45) is 0. The lowest BCUT2D eigenvalue weighted by atomic mass is 10.2. The molecular weight excluding hydrogens is 359 g/mol. The smallest absolute Gasteiger partial charge is 0.274 e. The predicted molar refractivity (Wildman–Crippen MR) is 95.4 cm³/mol. The molecule has 9 heteroatoms. The molecule has 0 bridgehead atoms. The quantitative estimate of drug-likeness (QED) is 0.828. The van der Waals surface area contributed by atoms with E-state index in [4.69, 9.17) is 0 Å². The van der Waals surface area contributed by atoms with E-state index in [2.05, 4.69) is 27.1 Å². The minimum atomic E-state index is -1.64. The molecule has 0 unspecified atom stereocenters. The van der Waals surface area contributed by atoms with Crippen molar-refractivity contribution in [2.45, 2.75) is 13.8 Å². The fourth-order valence-electron chi connectivity index (χ4n) is 2.88. The molecule has 1 aromatic carbocycles. The van der Waals surface area contributed by atoms with Gasteiger partial charge in [0.2, 0.25) is 5.95 Å². The summed E-state index contributed by atoms with van der Waals surface area (Å²) in [6, 6.07) is 3.17. The number of halogens is 3. The van der Waals surface area contributed by atoms with Gasteiger partial charge in [-0.1, -0.05) is 6.92 Å². The molecule has 1 amide bonds. The Labute approximate surface area is 155 Å². The minimum absolute atomic E-state index is 0.0274. The van der Waals surface area contributed by atoms with E-state index < -0.39 is 29.0 Å². The van der Waals surface area contributed by atoms with Crippen molar-refractivity contribution in [3.05, 3.63) is 47.0 Å². The number of benzene rings is 1. The molecule has 0 spiro atoms. The van der Waals surface area contributed by atoms with Gasteiger partial charge in [-0.25, -0.2) is 23.1 Å². The van der Waals surface area contributed by atoms with Gasteiger partial charge in [-0.3, -0.25) is 4.79 Å². The first-order chi connectivity index (χ1) is 12.9. The highest BCUT2D eigenvalue weighted by Gasteiger charge is 2.21. The van der Waals surface area contributed by atoms with Gasteiger partial charge in [-0.2, -0.15) is 0 Å². The summed E-state index contributed by atoms with van der Waals surface area (Å²) >= 11 is 0. The highest BCUT2D eigenvalue weighted by atomic mass is 19.2. The van der Waals surface area contributed by atoms with Crippen LogP contribution in [0.25, 0.3) is 0 Å². The summed E-state index contributed by atoms with van der Waals surface area (Å²) in [4.78, 5) is 25.4. The Morgan fingerprint density at radius 3 is 2.48 bits per heavy atom. The van der Waals surface area contributed by atoms with Gasteiger partial charge < -0.3 is 15.1 Å². The molecule has 27 heavy (non-hydrogen) atoms. The first kappa shape index (κ1) is 19.1. The number of carbonyl (C=O) groups is 1. The lowest BCUT2D eigenvalue weighted by Gasteiger charge is -2.34. The number of aromatic nitrogens is 2. The number of hydrogen-bond donors (Lipinski definition) is 1. The number of carbonyl (C=O) groups excluding carboxylic acids is 1. The number of rotatable bonds is 4. The van der Waals surface area contributed by atoms with E-state index in [1.165, 1.54) is 6.07 Å². The van der Waals surface area contributed by atoms with Crippen LogP contribution in [0.5, 0.6) is 0 Å². The van der Waals surface area contributed by atoms with Crippen LogP contribution in [0.1, 0.15) is 23.1 Å². The van der Waals surface area contributed by atoms with Gasteiger partial charge >= 0.3 is 0 Å². The Morgan fingerprint density at radius 2 is 1.81 bits per heavy atom. The van der Waals surface area contributed by atoms with E-state index in [0.29, 0.717) is 11.6 Å². The predicted octanol–water partition coefficient (Wildman–Crippen LogP) is 2.60. The van der Waals surface area contributed by atoms with Crippen molar-refractivity contribution in [3.8, 4) is 0 Å². The molecule has 1 aliphatic rings. The second-order valence-electron chi connectivity index (χ2n) is 6.29. The normalized spacial score (nSPS) is 15.1. The van der Waals surface area contributed by atoms with Gasteiger partial charge in [0.05, 0.1) is 5.69 Å². The lowest BCUT2D eigenvalue weighted by molar-refractivity contribution is 0.102. The van der Waals surface area contributed by atoms with Crippen molar-refractivity contribution in [2.24, 2.45) is 0 Å². The Hall–Kier alpha value is -2.68. The number of nitrogens with zero attached hydrogens (tertiary/aromatic N) is 4. The number of amides is 1. The minimum Gasteiger partial charge on any atom is -0.338 e. The maximum atomic E-state index is 13.8. The Morgan fingerprint density at radius 1 is 1.11 bits per heavy atom. The number of piperazine rings is 1. The van der Waals surface area contributed by atoms with Crippen LogP contribution in [0, 0.1) is 24.4 Å². The van der Waals surface area contributed by atoms with E-state index in [1.807, 2.05) is 4.90 Å². The maximum Gasteiger partial charge on any atom is 0.274 e. The molecule has 0 saturated carbocycles. The Balaban J connectivity index is 1.80. The molecule has 1 aliphatic heterocycles. The molecule has 1 aromatic heterocycles. The number of anilines is 2. The molecule has 1 saturated heterocycles. The van der Waals surface area contributed by atoms with Crippen LogP contribution in [0.3, 0.4) is 0 Å². The van der Waals surface area contributed by atoms with Crippen LogP contribution in [0.15, 0.2) is 18.2 Å². The summed E-state index contributed by atoms with van der Waals surface area (Å²) in [5, 5.41) is 2.23. The molecule has 6 nitrogen and oxygen atoms in total. The van der Waals surface area contributed by atoms with Crippen molar-refractivity contribution >= 4 is 17.5 Å². The van der Waals surface area contributed by atoms with Gasteiger partial charge in [-0.15, -0.1) is 0 Å². The van der Waals surface area contributed by atoms with E-state index in [1.54, 1.807) is 6.92 Å². The zero-order valence-corrected chi connectivity index (χ0v) is 15.1. The highest BCUT2D eigenvalue weighted by molar-refractivity contribution is 6.03. The van der Waals surface area contributed by atoms with Crippen molar-refractivity contribution in [1.29, 1.82) is 0 Å². The molecule has 144 valence electrons. The van der Waals surface area contributed by atoms with E-state index in [0.717, 1.165) is 44.9 Å². The van der Waals surface area contributed by atoms with Crippen molar-refractivity contribution < 1.29 is 18.0 Å². The van der Waals surface area contributed by atoms with Gasteiger partial charge in [-0.05, 0) is 31.7 Å². The van der Waals surface area contributed by atoms with Crippen LogP contribution < -0.4 is 10.2 Å². The number of aryl methyl sites for hydroxylation is 1. The van der Waals surface area contributed by atoms with Crippen molar-refractivity contribution in [3.63, 3.8) is 0 Å². The number of hydrogen-bond acceptors (Lipinski definition) is 5. The van der Waals surface area contributed by atoms with Gasteiger partial charge in [0.15, 0.2) is 17.5 Å². The third kappa shape index (κ3) is 4.19. The molecule has 1 fully saturated rings. The van der Waals surface area contributed by atoms with E-state index in [9.17, 15) is 18.0 Å². The summed E-state index contributed by atoms with van der Waals surface area (Å²) in [5.74, 6) is -4.72. The summed E-state index contributed by atoms with van der Waals surface area (Å²) in [7, 11) is 0. The average Bonchev–Trinajstić information content (AvgIpc) is 2.68. The number of nitrogens with one attached hydrogen (secondary N) is 1. The summed E-state index contributed by atoms with van der Waals surface area (Å²) in [5.41, 5.74) is 0.154. The standard InChI is InChI=1S/C18H20F3N5O/c1-3-25-6-8-26(9-7-25)18-22-11(2)10-14(24-18)17(27)23-13-5-4-12(19)15(20)16(13)21/h4-5,10H,3,6-9H2,1-2H3,(H,23,27). The SMILES string of the molecule is CCN1CCN(c2nc(C)cc(C(=O)Nc3ccc(F)c(F)c3F)n2)CC1. The molecule has 3 rings (SSSR count). The molecule has 0 radical (unpaired) electrons. The summed E-state index contributed by atoms with van der Waals surface area (Å²) < 4.78 is 40.1. The first-order valence-corrected chi connectivity index (χ1v) is 8.67. The second kappa shape index (κ2) is 7.91. The van der Waals surface area contributed by atoms with Gasteiger partial charge in [0.1, 0.15) is 5.69 Å². The van der Waals surface area contributed by atoms with Crippen molar-refractivity contribution in [1.82, 2.24) is 14.9 Å². The Bertz CT molecular complexity index is 853. The fourth-order valence-corrected chi connectivity index (χ4v) is 2.88. The zero-order chi connectivity index (χ0) is 19.6. The topological polar surface area (TPSA) is 61.4 Å². The first-order valence-electron chi connectivity index (χ1n) is 8.67. The van der Waals surface area contributed by atoms with Crippen molar-refractivity contribution in [2.75, 3.05) is 42.9 Å². The van der Waals surface area contributed by atoms with Gasteiger partial charge in [0.25, 0.3) is 5.91 Å². The zero-order valence-electron chi connectivity index (χ0n) is 15.1. The monoisotopic (exact) mass is 379 g/mol. The molecule has 2 aromatic rings. The average molecular weight is 379 g/mol. The highest BCUT2D eigenvalue weighted by Crippen LogP contribution is 2.21. The van der Waals surface area contributed by atoms with E-state index in [-0.39, 0.29) is 5.69 Å². The van der Waals surface area contributed by atoms with Crippen LogP contribution in [-0.4, -0.2) is 53.5 Å². The third-order valence-electron chi connectivity index (χ3n) is 4.46. The third-order valence-corrected chi connectivity index (χ3v) is 4.46. The molecule has 0 atom stereocenters. The van der Waals surface area contributed by atoms with Crippen LogP contribution in [0.2, 0.25) is 0 Å². The van der Waals surface area contributed by atoms with E-state index >= 15 is 0 Å². The molecule has 0 aliphatic carbocycles. The van der Waals surface area contributed by atoms with Crippen LogP contribution in [0.4, 0.5) is 24.8 Å². The maximum absolute atomic E-state index is 13.8. The molecule has 2 heterocycles. The second-order valence-corrected chi connectivity index (χ2v) is 6.29.